The van der Waals surface area contributed by atoms with Crippen molar-refractivity contribution in [3.8, 4) is 0 Å². The van der Waals surface area contributed by atoms with Gasteiger partial charge in [-0.25, -0.2) is 4.98 Å². The first kappa shape index (κ1) is 24.9. The molecule has 0 aliphatic carbocycles. The number of nitrogens with zero attached hydrogens (tertiary/aromatic N) is 3. The molecule has 0 bridgehead atoms. The molecule has 0 saturated heterocycles. The van der Waals surface area contributed by atoms with E-state index in [1.54, 1.807) is 0 Å². The number of hydrogen-bond acceptors (Lipinski definition) is 3. The van der Waals surface area contributed by atoms with Crippen molar-refractivity contribution in [2.24, 2.45) is 9.98 Å². The molecule has 0 atom stereocenters. The number of rotatable bonds is 4. The Bertz CT molecular complexity index is 1040. The van der Waals surface area contributed by atoms with Crippen LogP contribution in [0.2, 0.25) is 0 Å². The van der Waals surface area contributed by atoms with Gasteiger partial charge in [-0.1, -0.05) is 41.5 Å². The number of benzene rings is 2. The quantitative estimate of drug-likeness (QED) is 0.274. The number of pyridine rings is 1. The maximum atomic E-state index is 4.91. The second kappa shape index (κ2) is 10.3. The van der Waals surface area contributed by atoms with Crippen LogP contribution in [0, 0.1) is 41.5 Å². The molecule has 3 rings (SSSR count). The van der Waals surface area contributed by atoms with Crippen LogP contribution in [0.3, 0.4) is 0 Å². The second-order valence-corrected chi connectivity index (χ2v) is 8.30. The maximum Gasteiger partial charge on any atom is 0.0849 e. The second-order valence-electron chi connectivity index (χ2n) is 8.30. The van der Waals surface area contributed by atoms with Gasteiger partial charge < -0.3 is 0 Å². The van der Waals surface area contributed by atoms with Crippen molar-refractivity contribution in [1.29, 1.82) is 0 Å². The summed E-state index contributed by atoms with van der Waals surface area (Å²) in [4.78, 5) is 14.7. The zero-order chi connectivity index (χ0) is 22.0. The van der Waals surface area contributed by atoms with E-state index in [4.69, 9.17) is 15.0 Å². The number of aryl methyl sites for hydroxylation is 6. The molecule has 0 amide bonds. The molecule has 0 fully saturated rings. The van der Waals surface area contributed by atoms with Gasteiger partial charge in [0.25, 0.3) is 0 Å². The Labute approximate surface area is 200 Å². The molecule has 31 heavy (non-hydrogen) atoms. The van der Waals surface area contributed by atoms with Crippen LogP contribution in [-0.4, -0.2) is 16.4 Å². The largest absolute Gasteiger partial charge is 0.251 e. The van der Waals surface area contributed by atoms with E-state index in [2.05, 4.69) is 65.8 Å². The van der Waals surface area contributed by atoms with Crippen LogP contribution in [0.5, 0.6) is 0 Å². The Balaban J connectivity index is 0.00000341. The average Bonchev–Trinajstić information content (AvgIpc) is 2.67. The molecule has 0 aliphatic heterocycles. The van der Waals surface area contributed by atoms with Crippen LogP contribution < -0.4 is 0 Å². The van der Waals surface area contributed by atoms with Crippen LogP contribution in [0.15, 0.2) is 52.4 Å². The summed E-state index contributed by atoms with van der Waals surface area (Å²) in [5, 5.41) is 0. The molecular weight excluding hydrogens is 473 g/mol. The van der Waals surface area contributed by atoms with Crippen LogP contribution in [-0.2, 0) is 20.4 Å². The monoisotopic (exact) mass is 503 g/mol. The Morgan fingerprint density at radius 3 is 1.26 bits per heavy atom. The van der Waals surface area contributed by atoms with Crippen molar-refractivity contribution in [2.45, 2.75) is 55.4 Å². The van der Waals surface area contributed by atoms with Crippen molar-refractivity contribution in [3.05, 3.63) is 87.2 Å². The van der Waals surface area contributed by atoms with Gasteiger partial charge in [-0.3, -0.25) is 9.98 Å². The molecule has 0 unspecified atom stereocenters. The minimum absolute atomic E-state index is 0. The number of aliphatic imine (C=N–C) groups is 2. The van der Waals surface area contributed by atoms with E-state index in [9.17, 15) is 0 Å². The zero-order valence-electron chi connectivity index (χ0n) is 19.7. The molecule has 0 saturated carbocycles. The molecule has 3 nitrogen and oxygen atoms in total. The standard InChI is InChI=1S/C27H31N3.Pd/c1-16-12-18(3)26(19(4)13-16)28-22(7)24-10-9-11-25(30-24)23(8)29-27-20(5)14-17(2)15-21(27)6;/h9-15H,1-8H3;. The first-order chi connectivity index (χ1) is 14.2. The van der Waals surface area contributed by atoms with Gasteiger partial charge in [-0.05, 0) is 89.8 Å². The first-order valence-electron chi connectivity index (χ1n) is 10.4. The van der Waals surface area contributed by atoms with E-state index in [1.165, 1.54) is 33.4 Å². The van der Waals surface area contributed by atoms with E-state index in [-0.39, 0.29) is 20.4 Å². The number of hydrogen-bond donors (Lipinski definition) is 0. The Morgan fingerprint density at radius 2 is 0.935 bits per heavy atom. The molecule has 1 aromatic heterocycles. The van der Waals surface area contributed by atoms with Crippen LogP contribution >= 0.6 is 0 Å². The van der Waals surface area contributed by atoms with Gasteiger partial charge in [-0.15, -0.1) is 0 Å². The molecular formula is C27H31N3Pd. The van der Waals surface area contributed by atoms with Crippen molar-refractivity contribution >= 4 is 22.8 Å². The number of aromatic nitrogens is 1. The summed E-state index contributed by atoms with van der Waals surface area (Å²) < 4.78 is 0. The molecule has 3 aromatic rings. The van der Waals surface area contributed by atoms with Crippen molar-refractivity contribution < 1.29 is 20.4 Å². The SMILES string of the molecule is CC(=Nc1c(C)cc(C)cc1C)c1cccc(C(C)=Nc2c(C)cc(C)cc2C)n1.[Pd]. The smallest absolute Gasteiger partial charge is 0.0849 e. The van der Waals surface area contributed by atoms with Gasteiger partial charge in [0.05, 0.1) is 34.2 Å². The predicted molar refractivity (Wildman–Crippen MR) is 129 cm³/mol. The van der Waals surface area contributed by atoms with Gasteiger partial charge in [0.1, 0.15) is 0 Å². The topological polar surface area (TPSA) is 37.6 Å². The van der Waals surface area contributed by atoms with Crippen LogP contribution in [0.25, 0.3) is 0 Å². The van der Waals surface area contributed by atoms with E-state index in [0.29, 0.717) is 0 Å². The third-order valence-electron chi connectivity index (χ3n) is 5.32. The maximum absolute atomic E-state index is 4.91. The molecule has 164 valence electrons. The van der Waals surface area contributed by atoms with Gasteiger partial charge in [0.2, 0.25) is 0 Å². The Kier molecular flexibility index (Phi) is 8.23. The average molecular weight is 504 g/mol. The fourth-order valence-corrected chi connectivity index (χ4v) is 3.99. The first-order valence-corrected chi connectivity index (χ1v) is 10.4. The third kappa shape index (κ3) is 5.85. The summed E-state index contributed by atoms with van der Waals surface area (Å²) in [5.41, 5.74) is 12.9. The molecule has 2 aromatic carbocycles. The van der Waals surface area contributed by atoms with E-state index in [1.807, 2.05) is 32.0 Å². The van der Waals surface area contributed by atoms with E-state index in [0.717, 1.165) is 34.2 Å². The molecule has 0 N–H and O–H groups in total. The van der Waals surface area contributed by atoms with Gasteiger partial charge >= 0.3 is 0 Å². The summed E-state index contributed by atoms with van der Waals surface area (Å²) in [6.45, 7) is 16.7. The summed E-state index contributed by atoms with van der Waals surface area (Å²) in [6, 6.07) is 14.7. The van der Waals surface area contributed by atoms with E-state index >= 15 is 0 Å². The molecule has 0 aliphatic rings. The minimum Gasteiger partial charge on any atom is -0.251 e. The van der Waals surface area contributed by atoms with Crippen LogP contribution in [0.1, 0.15) is 58.6 Å². The summed E-state index contributed by atoms with van der Waals surface area (Å²) in [6.07, 6.45) is 0. The molecule has 0 radical (unpaired) electrons. The Morgan fingerprint density at radius 1 is 0.613 bits per heavy atom. The minimum atomic E-state index is 0. The van der Waals surface area contributed by atoms with Crippen molar-refractivity contribution in [3.63, 3.8) is 0 Å². The fraction of sp³-hybridized carbons (Fsp3) is 0.296. The van der Waals surface area contributed by atoms with Crippen molar-refractivity contribution in [1.82, 2.24) is 4.98 Å². The fourth-order valence-electron chi connectivity index (χ4n) is 3.99. The van der Waals surface area contributed by atoms with Gasteiger partial charge in [0.15, 0.2) is 0 Å². The van der Waals surface area contributed by atoms with Crippen molar-refractivity contribution in [2.75, 3.05) is 0 Å². The molecule has 4 heteroatoms. The summed E-state index contributed by atoms with van der Waals surface area (Å²) in [5.74, 6) is 0. The normalized spacial score (nSPS) is 12.0. The molecule has 0 spiro atoms. The third-order valence-corrected chi connectivity index (χ3v) is 5.32. The van der Waals surface area contributed by atoms with E-state index < -0.39 is 0 Å². The predicted octanol–water partition coefficient (Wildman–Crippen LogP) is 7.21. The van der Waals surface area contributed by atoms with Gasteiger partial charge in [0, 0.05) is 20.4 Å². The molecule has 1 heterocycles. The zero-order valence-corrected chi connectivity index (χ0v) is 21.3. The summed E-state index contributed by atoms with van der Waals surface area (Å²) >= 11 is 0. The van der Waals surface area contributed by atoms with Gasteiger partial charge in [-0.2, -0.15) is 0 Å². The van der Waals surface area contributed by atoms with Crippen LogP contribution in [0.4, 0.5) is 11.4 Å². The summed E-state index contributed by atoms with van der Waals surface area (Å²) in [7, 11) is 0. The Hall–Kier alpha value is -2.41.